The van der Waals surface area contributed by atoms with Crippen LogP contribution in [0, 0.1) is 0 Å². The van der Waals surface area contributed by atoms with Gasteiger partial charge in [-0.2, -0.15) is 0 Å². The van der Waals surface area contributed by atoms with Crippen molar-refractivity contribution in [2.45, 2.75) is 18.9 Å². The topological polar surface area (TPSA) is 90.1 Å². The van der Waals surface area contributed by atoms with Gasteiger partial charge in [-0.05, 0) is 42.2 Å². The fourth-order valence-corrected chi connectivity index (χ4v) is 2.68. The molecule has 2 aromatic rings. The lowest BCUT2D eigenvalue weighted by Crippen LogP contribution is -2.15. The number of nitrogens with one attached hydrogen (secondary N) is 1. The fraction of sp³-hybridized carbons (Fsp3) is 0.267. The highest BCUT2D eigenvalue weighted by molar-refractivity contribution is 5.90. The summed E-state index contributed by atoms with van der Waals surface area (Å²) in [4.78, 5) is 11.0. The predicted molar refractivity (Wildman–Crippen MR) is 78.2 cm³/mol. The molecule has 1 aromatic carbocycles. The third-order valence-corrected chi connectivity index (χ3v) is 3.69. The number of nitrogens with two attached hydrogens (primary N) is 1. The minimum absolute atomic E-state index is 0.161. The van der Waals surface area contributed by atoms with Crippen LogP contribution in [0.5, 0.6) is 5.75 Å². The van der Waals surface area contributed by atoms with Gasteiger partial charge in [-0.3, -0.25) is 4.79 Å². The summed E-state index contributed by atoms with van der Waals surface area (Å²) in [7, 11) is 1.68. The Morgan fingerprint density at radius 3 is 2.86 bits per heavy atom. The zero-order valence-corrected chi connectivity index (χ0v) is 11.7. The lowest BCUT2D eigenvalue weighted by atomic mass is 10.1. The molecule has 1 heterocycles. The number of rotatable bonds is 4. The van der Waals surface area contributed by atoms with Crippen molar-refractivity contribution >= 4 is 11.7 Å². The first-order valence-electron chi connectivity index (χ1n) is 6.75. The number of aromatic nitrogens is 2. The van der Waals surface area contributed by atoms with Crippen LogP contribution in [-0.4, -0.2) is 23.2 Å². The highest BCUT2D eigenvalue weighted by Crippen LogP contribution is 2.38. The second-order valence-corrected chi connectivity index (χ2v) is 4.93. The van der Waals surface area contributed by atoms with Gasteiger partial charge < -0.3 is 15.8 Å². The van der Waals surface area contributed by atoms with Gasteiger partial charge >= 0.3 is 0 Å². The van der Waals surface area contributed by atoms with E-state index in [1.807, 2.05) is 12.1 Å². The van der Waals surface area contributed by atoms with E-state index in [4.69, 9.17) is 10.5 Å². The Morgan fingerprint density at radius 1 is 1.33 bits per heavy atom. The molecule has 1 atom stereocenters. The number of methoxy groups -OCH3 is 1. The number of anilines is 1. The van der Waals surface area contributed by atoms with Gasteiger partial charge in [0, 0.05) is 0 Å². The average Bonchev–Trinajstić information content (AvgIpc) is 2.91. The molecular weight excluding hydrogens is 268 g/mol. The molecule has 0 bridgehead atoms. The molecule has 0 radical (unpaired) electrons. The van der Waals surface area contributed by atoms with Crippen LogP contribution < -0.4 is 15.8 Å². The standard InChI is InChI=1S/C15H16N4O2/c1-21-13-4-2-3-9-10(13)5-6-11(9)17-14-8-7-12(15(16)20)18-19-14/h2-4,7-8,11H,5-6H2,1H3,(H2,16,20)(H,17,19). The first kappa shape index (κ1) is 13.4. The lowest BCUT2D eigenvalue weighted by molar-refractivity contribution is 0.0994. The first-order chi connectivity index (χ1) is 10.2. The number of nitrogens with zero attached hydrogens (tertiary/aromatic N) is 2. The van der Waals surface area contributed by atoms with Gasteiger partial charge in [-0.15, -0.1) is 10.2 Å². The van der Waals surface area contributed by atoms with Gasteiger partial charge in [-0.25, -0.2) is 0 Å². The van der Waals surface area contributed by atoms with Gasteiger partial charge in [0.2, 0.25) is 0 Å². The monoisotopic (exact) mass is 284 g/mol. The van der Waals surface area contributed by atoms with Crippen molar-refractivity contribution in [1.29, 1.82) is 0 Å². The second-order valence-electron chi connectivity index (χ2n) is 4.93. The summed E-state index contributed by atoms with van der Waals surface area (Å²) in [5.41, 5.74) is 7.76. The summed E-state index contributed by atoms with van der Waals surface area (Å²) in [6.45, 7) is 0. The van der Waals surface area contributed by atoms with Crippen molar-refractivity contribution < 1.29 is 9.53 Å². The predicted octanol–water partition coefficient (Wildman–Crippen LogP) is 1.68. The summed E-state index contributed by atoms with van der Waals surface area (Å²) >= 11 is 0. The Morgan fingerprint density at radius 2 is 2.19 bits per heavy atom. The molecule has 0 saturated carbocycles. The minimum Gasteiger partial charge on any atom is -0.496 e. The quantitative estimate of drug-likeness (QED) is 0.891. The van der Waals surface area contributed by atoms with Crippen LogP contribution in [0.15, 0.2) is 30.3 Å². The van der Waals surface area contributed by atoms with Crippen molar-refractivity contribution in [3.63, 3.8) is 0 Å². The number of carbonyl (C=O) groups is 1. The Bertz CT molecular complexity index is 670. The van der Waals surface area contributed by atoms with Crippen molar-refractivity contribution in [3.8, 4) is 5.75 Å². The highest BCUT2D eigenvalue weighted by Gasteiger charge is 2.25. The van der Waals surface area contributed by atoms with E-state index in [0.717, 1.165) is 18.6 Å². The SMILES string of the molecule is COc1cccc2c1CCC2Nc1ccc(C(N)=O)nn1. The zero-order valence-electron chi connectivity index (χ0n) is 11.7. The van der Waals surface area contributed by atoms with Crippen LogP contribution >= 0.6 is 0 Å². The zero-order chi connectivity index (χ0) is 14.8. The molecule has 3 N–H and O–H groups in total. The molecule has 1 unspecified atom stereocenters. The number of hydrogen-bond donors (Lipinski definition) is 2. The van der Waals surface area contributed by atoms with Crippen molar-refractivity contribution in [1.82, 2.24) is 10.2 Å². The van der Waals surface area contributed by atoms with E-state index in [-0.39, 0.29) is 11.7 Å². The van der Waals surface area contributed by atoms with Gasteiger partial charge in [0.25, 0.3) is 5.91 Å². The van der Waals surface area contributed by atoms with Crippen LogP contribution in [0.2, 0.25) is 0 Å². The van der Waals surface area contributed by atoms with Crippen molar-refractivity contribution in [2.24, 2.45) is 5.73 Å². The fourth-order valence-electron chi connectivity index (χ4n) is 2.68. The summed E-state index contributed by atoms with van der Waals surface area (Å²) in [5.74, 6) is 0.970. The Kier molecular flexibility index (Phi) is 3.43. The van der Waals surface area contributed by atoms with Gasteiger partial charge in [0.15, 0.2) is 5.69 Å². The van der Waals surface area contributed by atoms with Gasteiger partial charge in [0.1, 0.15) is 11.6 Å². The number of carbonyl (C=O) groups excluding carboxylic acids is 1. The number of primary amides is 1. The normalized spacial score (nSPS) is 16.3. The maximum Gasteiger partial charge on any atom is 0.269 e. The Balaban J connectivity index is 1.80. The molecule has 0 spiro atoms. The van der Waals surface area contributed by atoms with Gasteiger partial charge in [0.05, 0.1) is 13.2 Å². The number of fused-ring (bicyclic) bond motifs is 1. The van der Waals surface area contributed by atoms with Crippen LogP contribution in [0.4, 0.5) is 5.82 Å². The molecular formula is C15H16N4O2. The Hall–Kier alpha value is -2.63. The number of ether oxygens (including phenoxy) is 1. The van der Waals surface area contributed by atoms with E-state index in [1.165, 1.54) is 11.1 Å². The molecule has 0 aliphatic heterocycles. The molecule has 1 aliphatic rings. The van der Waals surface area contributed by atoms with E-state index in [9.17, 15) is 4.79 Å². The molecule has 3 rings (SSSR count). The average molecular weight is 284 g/mol. The molecule has 1 amide bonds. The van der Waals surface area contributed by atoms with Crippen LogP contribution in [0.3, 0.4) is 0 Å². The van der Waals surface area contributed by atoms with Crippen LogP contribution in [0.25, 0.3) is 0 Å². The maximum absolute atomic E-state index is 11.0. The molecule has 0 saturated heterocycles. The third-order valence-electron chi connectivity index (χ3n) is 3.69. The molecule has 1 aliphatic carbocycles. The van der Waals surface area contributed by atoms with Crippen molar-refractivity contribution in [3.05, 3.63) is 47.2 Å². The molecule has 21 heavy (non-hydrogen) atoms. The van der Waals surface area contributed by atoms with E-state index < -0.39 is 5.91 Å². The molecule has 108 valence electrons. The highest BCUT2D eigenvalue weighted by atomic mass is 16.5. The van der Waals surface area contributed by atoms with E-state index >= 15 is 0 Å². The molecule has 1 aromatic heterocycles. The number of amides is 1. The third kappa shape index (κ3) is 2.52. The lowest BCUT2D eigenvalue weighted by Gasteiger charge is -2.15. The smallest absolute Gasteiger partial charge is 0.269 e. The number of hydrogen-bond acceptors (Lipinski definition) is 5. The summed E-state index contributed by atoms with van der Waals surface area (Å²) in [5, 5.41) is 11.1. The van der Waals surface area contributed by atoms with Crippen LogP contribution in [-0.2, 0) is 6.42 Å². The second kappa shape index (κ2) is 5.40. The van der Waals surface area contributed by atoms with E-state index in [2.05, 4.69) is 21.6 Å². The largest absolute Gasteiger partial charge is 0.496 e. The van der Waals surface area contributed by atoms with Gasteiger partial charge in [-0.1, -0.05) is 12.1 Å². The first-order valence-corrected chi connectivity index (χ1v) is 6.75. The minimum atomic E-state index is -0.579. The summed E-state index contributed by atoms with van der Waals surface area (Å²) in [6, 6.07) is 9.50. The van der Waals surface area contributed by atoms with Crippen molar-refractivity contribution in [2.75, 3.05) is 12.4 Å². The molecule has 6 heteroatoms. The maximum atomic E-state index is 11.0. The number of benzene rings is 1. The molecule has 0 fully saturated rings. The summed E-state index contributed by atoms with van der Waals surface area (Å²) in [6.07, 6.45) is 1.93. The molecule has 6 nitrogen and oxygen atoms in total. The Labute approximate surface area is 122 Å². The van der Waals surface area contributed by atoms with E-state index in [0.29, 0.717) is 5.82 Å². The summed E-state index contributed by atoms with van der Waals surface area (Å²) < 4.78 is 5.39. The van der Waals surface area contributed by atoms with Crippen LogP contribution in [0.1, 0.15) is 34.1 Å². The van der Waals surface area contributed by atoms with E-state index in [1.54, 1.807) is 19.2 Å².